The van der Waals surface area contributed by atoms with E-state index in [1.54, 1.807) is 0 Å². The molecule has 1 atom stereocenters. The number of nitrogens with zero attached hydrogens (tertiary/aromatic N) is 1. The largest absolute Gasteiger partial charge is 0.451 e. The number of imide groups is 1. The molecule has 0 bridgehead atoms. The van der Waals surface area contributed by atoms with Crippen LogP contribution < -0.4 is 10.6 Å². The molecule has 1 spiro atoms. The van der Waals surface area contributed by atoms with Gasteiger partial charge < -0.3 is 15.4 Å². The summed E-state index contributed by atoms with van der Waals surface area (Å²) in [6.45, 7) is 4.68. The van der Waals surface area contributed by atoms with Crippen molar-refractivity contribution in [1.29, 1.82) is 0 Å². The van der Waals surface area contributed by atoms with Crippen LogP contribution in [0.15, 0.2) is 18.2 Å². The molecule has 28 heavy (non-hydrogen) atoms. The fraction of sp³-hybridized carbons (Fsp3) is 0.500. The molecule has 2 fully saturated rings. The van der Waals surface area contributed by atoms with Crippen LogP contribution in [-0.2, 0) is 19.1 Å². The van der Waals surface area contributed by atoms with Crippen molar-refractivity contribution in [2.45, 2.75) is 58.1 Å². The molecule has 0 radical (unpaired) electrons. The summed E-state index contributed by atoms with van der Waals surface area (Å²) in [5.74, 6) is -1.67. The first-order valence-electron chi connectivity index (χ1n) is 9.44. The average molecular weight is 387 g/mol. The first-order chi connectivity index (χ1) is 13.2. The highest BCUT2D eigenvalue weighted by atomic mass is 16.5. The Morgan fingerprint density at radius 2 is 1.82 bits per heavy atom. The predicted octanol–water partition coefficient (Wildman–Crippen LogP) is 2.04. The molecule has 150 valence electrons. The highest BCUT2D eigenvalue weighted by molar-refractivity contribution is 6.09. The molecule has 4 amide bonds. The molecule has 8 nitrogen and oxygen atoms in total. The number of rotatable bonds is 5. The molecule has 1 aliphatic carbocycles. The van der Waals surface area contributed by atoms with E-state index in [0.717, 1.165) is 28.9 Å². The van der Waals surface area contributed by atoms with Crippen molar-refractivity contribution in [2.75, 3.05) is 11.9 Å². The molecule has 3 rings (SSSR count). The van der Waals surface area contributed by atoms with Gasteiger partial charge in [0.15, 0.2) is 6.10 Å². The normalized spacial score (nSPS) is 18.9. The highest BCUT2D eigenvalue weighted by Gasteiger charge is 2.52. The number of hydrogen-bond donors (Lipinski definition) is 2. The fourth-order valence-corrected chi connectivity index (χ4v) is 3.79. The van der Waals surface area contributed by atoms with Gasteiger partial charge in [0.2, 0.25) is 0 Å². The maximum atomic E-state index is 12.6. The molecule has 2 aliphatic rings. The number of para-hydroxylation sites is 1. The first kappa shape index (κ1) is 19.9. The van der Waals surface area contributed by atoms with E-state index in [0.29, 0.717) is 18.5 Å². The van der Waals surface area contributed by atoms with Crippen LogP contribution >= 0.6 is 0 Å². The summed E-state index contributed by atoms with van der Waals surface area (Å²) in [5, 5.41) is 5.46. The summed E-state index contributed by atoms with van der Waals surface area (Å²) in [4.78, 5) is 50.2. The van der Waals surface area contributed by atoms with E-state index in [2.05, 4.69) is 10.6 Å². The third kappa shape index (κ3) is 3.72. The van der Waals surface area contributed by atoms with Crippen molar-refractivity contribution in [1.82, 2.24) is 10.2 Å². The minimum Gasteiger partial charge on any atom is -0.451 e. The third-order valence-corrected chi connectivity index (χ3v) is 5.40. The average Bonchev–Trinajstić information content (AvgIpc) is 3.19. The SMILES string of the molecule is Cc1cccc(C)c1NC(=O)[C@@H](C)OC(=O)CN1C(=O)NC2(CCCC2)C1=O. The Morgan fingerprint density at radius 3 is 2.43 bits per heavy atom. The van der Waals surface area contributed by atoms with Gasteiger partial charge in [0.05, 0.1) is 0 Å². The lowest BCUT2D eigenvalue weighted by atomic mass is 9.98. The van der Waals surface area contributed by atoms with Crippen molar-refractivity contribution in [3.05, 3.63) is 29.3 Å². The van der Waals surface area contributed by atoms with E-state index >= 15 is 0 Å². The van der Waals surface area contributed by atoms with E-state index in [1.165, 1.54) is 6.92 Å². The second-order valence-electron chi connectivity index (χ2n) is 7.50. The number of amides is 4. The van der Waals surface area contributed by atoms with Crippen molar-refractivity contribution >= 4 is 29.5 Å². The highest BCUT2D eigenvalue weighted by Crippen LogP contribution is 2.34. The number of aryl methyl sites for hydroxylation is 2. The molecule has 1 saturated carbocycles. The van der Waals surface area contributed by atoms with Crippen LogP contribution in [0.5, 0.6) is 0 Å². The van der Waals surface area contributed by atoms with E-state index in [-0.39, 0.29) is 5.91 Å². The smallest absolute Gasteiger partial charge is 0.327 e. The van der Waals surface area contributed by atoms with Crippen LogP contribution in [0.1, 0.15) is 43.7 Å². The zero-order chi connectivity index (χ0) is 20.5. The lowest BCUT2D eigenvalue weighted by Crippen LogP contribution is -2.44. The molecule has 1 heterocycles. The zero-order valence-corrected chi connectivity index (χ0v) is 16.3. The van der Waals surface area contributed by atoms with Crippen LogP contribution in [0, 0.1) is 13.8 Å². The molecule has 0 aromatic heterocycles. The molecular formula is C20H25N3O5. The molecular weight excluding hydrogens is 362 g/mol. The molecule has 8 heteroatoms. The van der Waals surface area contributed by atoms with Gasteiger partial charge in [0, 0.05) is 5.69 Å². The number of carbonyl (C=O) groups is 4. The Hall–Kier alpha value is -2.90. The Morgan fingerprint density at radius 1 is 1.21 bits per heavy atom. The summed E-state index contributed by atoms with van der Waals surface area (Å²) >= 11 is 0. The molecule has 0 unspecified atom stereocenters. The Bertz CT molecular complexity index is 809. The predicted molar refractivity (Wildman–Crippen MR) is 102 cm³/mol. The van der Waals surface area contributed by atoms with E-state index in [1.807, 2.05) is 32.0 Å². The number of esters is 1. The summed E-state index contributed by atoms with van der Waals surface area (Å²) in [7, 11) is 0. The monoisotopic (exact) mass is 387 g/mol. The molecule has 2 N–H and O–H groups in total. The van der Waals surface area contributed by atoms with Crippen molar-refractivity contribution in [3.8, 4) is 0 Å². The van der Waals surface area contributed by atoms with Crippen molar-refractivity contribution in [2.24, 2.45) is 0 Å². The lowest BCUT2D eigenvalue weighted by molar-refractivity contribution is -0.155. The van der Waals surface area contributed by atoms with Crippen molar-refractivity contribution < 1.29 is 23.9 Å². The van der Waals surface area contributed by atoms with Gasteiger partial charge in [-0.3, -0.25) is 19.3 Å². The maximum absolute atomic E-state index is 12.6. The summed E-state index contributed by atoms with van der Waals surface area (Å²) in [6, 6.07) is 5.04. The van der Waals surface area contributed by atoms with Crippen molar-refractivity contribution in [3.63, 3.8) is 0 Å². The first-order valence-corrected chi connectivity index (χ1v) is 9.44. The van der Waals surface area contributed by atoms with Crippen LogP contribution in [0.4, 0.5) is 10.5 Å². The van der Waals surface area contributed by atoms with E-state index in [9.17, 15) is 19.2 Å². The van der Waals surface area contributed by atoms with E-state index < -0.39 is 36.1 Å². The minimum atomic E-state index is -1.06. The van der Waals surface area contributed by atoms with Gasteiger partial charge in [-0.15, -0.1) is 0 Å². The number of nitrogens with one attached hydrogen (secondary N) is 2. The second-order valence-corrected chi connectivity index (χ2v) is 7.50. The molecule has 1 aromatic carbocycles. The van der Waals surface area contributed by atoms with Crippen LogP contribution in [0.2, 0.25) is 0 Å². The lowest BCUT2D eigenvalue weighted by Gasteiger charge is -2.20. The van der Waals surface area contributed by atoms with Gasteiger partial charge in [0.1, 0.15) is 12.1 Å². The van der Waals surface area contributed by atoms with Gasteiger partial charge in [-0.2, -0.15) is 0 Å². The topological polar surface area (TPSA) is 105 Å². The van der Waals surface area contributed by atoms with Gasteiger partial charge in [0.25, 0.3) is 11.8 Å². The Labute approximate surface area is 163 Å². The summed E-state index contributed by atoms with van der Waals surface area (Å²) in [5.41, 5.74) is 1.59. The molecule has 1 aromatic rings. The second kappa shape index (κ2) is 7.61. The van der Waals surface area contributed by atoms with Crippen LogP contribution in [-0.4, -0.2) is 46.9 Å². The quantitative estimate of drug-likeness (QED) is 0.594. The third-order valence-electron chi connectivity index (χ3n) is 5.40. The van der Waals surface area contributed by atoms with Gasteiger partial charge in [-0.1, -0.05) is 31.0 Å². The summed E-state index contributed by atoms with van der Waals surface area (Å²) < 4.78 is 5.15. The zero-order valence-electron chi connectivity index (χ0n) is 16.3. The van der Waals surface area contributed by atoms with Crippen LogP contribution in [0.25, 0.3) is 0 Å². The van der Waals surface area contributed by atoms with Gasteiger partial charge in [-0.05, 0) is 44.7 Å². The summed E-state index contributed by atoms with van der Waals surface area (Å²) in [6.07, 6.45) is 1.82. The number of hydrogen-bond acceptors (Lipinski definition) is 5. The minimum absolute atomic E-state index is 0.389. The fourth-order valence-electron chi connectivity index (χ4n) is 3.79. The molecule has 1 saturated heterocycles. The van der Waals surface area contributed by atoms with E-state index in [4.69, 9.17) is 4.74 Å². The Kier molecular flexibility index (Phi) is 5.40. The standard InChI is InChI=1S/C20H25N3O5/c1-12-7-6-8-13(2)16(12)21-17(25)14(3)28-15(24)11-23-18(26)20(22-19(23)27)9-4-5-10-20/h6-8,14H,4-5,9-11H2,1-3H3,(H,21,25)(H,22,27)/t14-/m1/s1. The van der Waals surface area contributed by atoms with Gasteiger partial charge >= 0.3 is 12.0 Å². The maximum Gasteiger partial charge on any atom is 0.327 e. The number of ether oxygens (including phenoxy) is 1. The number of carbonyl (C=O) groups excluding carboxylic acids is 4. The number of anilines is 1. The Balaban J connectivity index is 1.58. The number of benzene rings is 1. The molecule has 1 aliphatic heterocycles. The number of urea groups is 1. The van der Waals surface area contributed by atoms with Gasteiger partial charge in [-0.25, -0.2) is 4.79 Å². The van der Waals surface area contributed by atoms with Crippen LogP contribution in [0.3, 0.4) is 0 Å².